The van der Waals surface area contributed by atoms with E-state index in [9.17, 15) is 0 Å². The second-order valence-electron chi connectivity index (χ2n) is 4.36. The first-order chi connectivity index (χ1) is 9.33. The van der Waals surface area contributed by atoms with Crippen molar-refractivity contribution in [1.29, 1.82) is 0 Å². The molecule has 0 atom stereocenters. The minimum absolute atomic E-state index is 0.709. The van der Waals surface area contributed by atoms with Crippen LogP contribution in [-0.4, -0.2) is 52.6 Å². The van der Waals surface area contributed by atoms with Crippen molar-refractivity contribution in [3.63, 3.8) is 0 Å². The molecule has 0 radical (unpaired) electrons. The summed E-state index contributed by atoms with van der Waals surface area (Å²) in [6.45, 7) is 4.12. The Bertz CT molecular complexity index is 347. The lowest BCUT2D eigenvalue weighted by Crippen LogP contribution is -2.30. The van der Waals surface area contributed by atoms with Crippen LogP contribution in [0.2, 0.25) is 0 Å². The molecular weight excluding hydrogens is 242 g/mol. The Hall–Kier alpha value is -1.17. The Kier molecular flexibility index (Phi) is 8.13. The highest BCUT2D eigenvalue weighted by Gasteiger charge is 2.10. The van der Waals surface area contributed by atoms with Crippen molar-refractivity contribution in [2.75, 3.05) is 52.5 Å². The zero-order chi connectivity index (χ0) is 13.9. The Balaban J connectivity index is 2.76. The van der Waals surface area contributed by atoms with Gasteiger partial charge in [0, 0.05) is 46.7 Å². The molecule has 1 aromatic rings. The minimum atomic E-state index is 0.709. The summed E-state index contributed by atoms with van der Waals surface area (Å²) >= 11 is 0. The van der Waals surface area contributed by atoms with Crippen molar-refractivity contribution in [3.05, 3.63) is 24.0 Å². The van der Waals surface area contributed by atoms with Crippen molar-refractivity contribution in [2.24, 2.45) is 0 Å². The number of rotatable bonds is 10. The van der Waals surface area contributed by atoms with Gasteiger partial charge in [-0.05, 0) is 25.1 Å². The SMILES string of the molecule is CNCc1ccncc1N(CCCOC)CCOC. The third kappa shape index (κ3) is 5.55. The maximum Gasteiger partial charge on any atom is 0.0637 e. The number of anilines is 1. The first-order valence-electron chi connectivity index (χ1n) is 6.63. The predicted molar refractivity (Wildman–Crippen MR) is 77.6 cm³/mol. The molecule has 5 nitrogen and oxygen atoms in total. The zero-order valence-corrected chi connectivity index (χ0v) is 12.2. The molecule has 1 aromatic heterocycles. The van der Waals surface area contributed by atoms with Crippen LogP contribution in [-0.2, 0) is 16.0 Å². The van der Waals surface area contributed by atoms with Gasteiger partial charge >= 0.3 is 0 Å². The van der Waals surface area contributed by atoms with Crippen LogP contribution < -0.4 is 10.2 Å². The number of methoxy groups -OCH3 is 2. The maximum absolute atomic E-state index is 5.19. The van der Waals surface area contributed by atoms with E-state index in [-0.39, 0.29) is 0 Å². The second kappa shape index (κ2) is 9.72. The van der Waals surface area contributed by atoms with E-state index in [1.54, 1.807) is 14.2 Å². The van der Waals surface area contributed by atoms with E-state index < -0.39 is 0 Å². The van der Waals surface area contributed by atoms with Gasteiger partial charge in [-0.1, -0.05) is 0 Å². The van der Waals surface area contributed by atoms with Crippen molar-refractivity contribution < 1.29 is 9.47 Å². The molecule has 0 aliphatic heterocycles. The number of aromatic nitrogens is 1. The minimum Gasteiger partial charge on any atom is -0.385 e. The predicted octanol–water partition coefficient (Wildman–Crippen LogP) is 1.29. The molecule has 0 saturated heterocycles. The number of hydrogen-bond acceptors (Lipinski definition) is 5. The molecule has 1 rings (SSSR count). The molecular formula is C14H25N3O2. The molecule has 0 aromatic carbocycles. The van der Waals surface area contributed by atoms with Crippen molar-refractivity contribution in [2.45, 2.75) is 13.0 Å². The molecule has 0 unspecified atom stereocenters. The van der Waals surface area contributed by atoms with E-state index in [2.05, 4.69) is 21.3 Å². The number of hydrogen-bond donors (Lipinski definition) is 1. The average molecular weight is 267 g/mol. The zero-order valence-electron chi connectivity index (χ0n) is 12.2. The van der Waals surface area contributed by atoms with Crippen molar-refractivity contribution in [1.82, 2.24) is 10.3 Å². The van der Waals surface area contributed by atoms with Gasteiger partial charge in [-0.15, -0.1) is 0 Å². The Morgan fingerprint density at radius 2 is 2.00 bits per heavy atom. The molecule has 0 fully saturated rings. The van der Waals surface area contributed by atoms with Gasteiger partial charge in [0.1, 0.15) is 0 Å². The molecule has 1 heterocycles. The van der Waals surface area contributed by atoms with Crippen LogP contribution in [0.5, 0.6) is 0 Å². The van der Waals surface area contributed by atoms with Crippen molar-refractivity contribution in [3.8, 4) is 0 Å². The molecule has 19 heavy (non-hydrogen) atoms. The lowest BCUT2D eigenvalue weighted by atomic mass is 10.2. The van der Waals surface area contributed by atoms with Gasteiger partial charge < -0.3 is 19.7 Å². The second-order valence-corrected chi connectivity index (χ2v) is 4.36. The van der Waals surface area contributed by atoms with Crippen LogP contribution in [0, 0.1) is 0 Å². The highest BCUT2D eigenvalue weighted by atomic mass is 16.5. The first kappa shape index (κ1) is 15.9. The highest BCUT2D eigenvalue weighted by Crippen LogP contribution is 2.19. The van der Waals surface area contributed by atoms with E-state index in [4.69, 9.17) is 9.47 Å². The first-order valence-corrected chi connectivity index (χ1v) is 6.63. The van der Waals surface area contributed by atoms with Gasteiger partial charge in [0.05, 0.1) is 18.5 Å². The number of nitrogens with zero attached hydrogens (tertiary/aromatic N) is 2. The molecule has 1 N–H and O–H groups in total. The summed E-state index contributed by atoms with van der Waals surface area (Å²) in [6.07, 6.45) is 4.75. The van der Waals surface area contributed by atoms with Crippen LogP contribution in [0.25, 0.3) is 0 Å². The van der Waals surface area contributed by atoms with Gasteiger partial charge in [-0.2, -0.15) is 0 Å². The van der Waals surface area contributed by atoms with Gasteiger partial charge in [0.25, 0.3) is 0 Å². The molecule has 0 aliphatic rings. The molecule has 108 valence electrons. The molecule has 0 spiro atoms. The summed E-state index contributed by atoms with van der Waals surface area (Å²) in [5.41, 5.74) is 2.43. The number of nitrogens with one attached hydrogen (secondary N) is 1. The Labute approximate surface area is 115 Å². The monoisotopic (exact) mass is 267 g/mol. The fourth-order valence-corrected chi connectivity index (χ4v) is 1.99. The Morgan fingerprint density at radius 3 is 2.68 bits per heavy atom. The van der Waals surface area contributed by atoms with E-state index in [0.717, 1.165) is 32.7 Å². The molecule has 0 saturated carbocycles. The summed E-state index contributed by atoms with van der Waals surface area (Å²) in [5.74, 6) is 0. The molecule has 0 amide bonds. The third-order valence-corrected chi connectivity index (χ3v) is 2.94. The van der Waals surface area contributed by atoms with Crippen molar-refractivity contribution >= 4 is 5.69 Å². The highest BCUT2D eigenvalue weighted by molar-refractivity contribution is 5.51. The molecule has 5 heteroatoms. The van der Waals surface area contributed by atoms with E-state index in [1.807, 2.05) is 19.4 Å². The van der Waals surface area contributed by atoms with Crippen LogP contribution in [0.15, 0.2) is 18.5 Å². The maximum atomic E-state index is 5.19. The van der Waals surface area contributed by atoms with Gasteiger partial charge in [-0.3, -0.25) is 4.98 Å². The fraction of sp³-hybridized carbons (Fsp3) is 0.643. The standard InChI is InChI=1S/C14H25N3O2/c1-15-11-13-5-6-16-12-14(13)17(8-10-19-3)7-4-9-18-2/h5-6,12,15H,4,7-11H2,1-3H3. The van der Waals surface area contributed by atoms with E-state index >= 15 is 0 Å². The van der Waals surface area contributed by atoms with Gasteiger partial charge in [0.15, 0.2) is 0 Å². The summed E-state index contributed by atoms with van der Waals surface area (Å²) in [5, 5.41) is 3.19. The summed E-state index contributed by atoms with van der Waals surface area (Å²) < 4.78 is 10.3. The van der Waals surface area contributed by atoms with E-state index in [1.165, 1.54) is 11.3 Å². The molecule has 0 bridgehead atoms. The summed E-state index contributed by atoms with van der Waals surface area (Å²) in [7, 11) is 5.41. The number of ether oxygens (including phenoxy) is 2. The quantitative estimate of drug-likeness (QED) is 0.647. The Morgan fingerprint density at radius 1 is 1.21 bits per heavy atom. The molecule has 0 aliphatic carbocycles. The topological polar surface area (TPSA) is 46.6 Å². The van der Waals surface area contributed by atoms with E-state index in [0.29, 0.717) is 6.61 Å². The lowest BCUT2D eigenvalue weighted by Gasteiger charge is -2.26. The van der Waals surface area contributed by atoms with Crippen LogP contribution in [0.1, 0.15) is 12.0 Å². The normalized spacial score (nSPS) is 10.7. The average Bonchev–Trinajstić information content (AvgIpc) is 2.44. The van der Waals surface area contributed by atoms with Gasteiger partial charge in [-0.25, -0.2) is 0 Å². The van der Waals surface area contributed by atoms with Crippen LogP contribution in [0.4, 0.5) is 5.69 Å². The largest absolute Gasteiger partial charge is 0.385 e. The third-order valence-electron chi connectivity index (χ3n) is 2.94. The van der Waals surface area contributed by atoms with Gasteiger partial charge in [0.2, 0.25) is 0 Å². The lowest BCUT2D eigenvalue weighted by molar-refractivity contribution is 0.191. The fourth-order valence-electron chi connectivity index (χ4n) is 1.99. The van der Waals surface area contributed by atoms with Crippen LogP contribution >= 0.6 is 0 Å². The van der Waals surface area contributed by atoms with Crippen LogP contribution in [0.3, 0.4) is 0 Å². The summed E-state index contributed by atoms with van der Waals surface area (Å²) in [4.78, 5) is 6.55. The smallest absolute Gasteiger partial charge is 0.0637 e. The number of pyridine rings is 1. The summed E-state index contributed by atoms with van der Waals surface area (Å²) in [6, 6.07) is 2.06.